The lowest BCUT2D eigenvalue weighted by Gasteiger charge is -2.31. The zero-order valence-electron chi connectivity index (χ0n) is 18.9. The van der Waals surface area contributed by atoms with Crippen LogP contribution in [0.3, 0.4) is 0 Å². The number of rotatable bonds is 6. The number of hydrogen-bond acceptors (Lipinski definition) is 7. The Hall–Kier alpha value is -2.10. The van der Waals surface area contributed by atoms with Crippen LogP contribution >= 0.6 is 35.3 Å². The molecule has 0 N–H and O–H groups in total. The molecule has 0 saturated carbocycles. The third kappa shape index (κ3) is 5.42. The van der Waals surface area contributed by atoms with Gasteiger partial charge in [-0.25, -0.2) is 4.98 Å². The number of benzene rings is 2. The fraction of sp³-hybridized carbons (Fsp3) is 0.417. The molecule has 2 aliphatic rings. The van der Waals surface area contributed by atoms with Crippen molar-refractivity contribution in [1.82, 2.24) is 9.88 Å². The second-order valence-corrected chi connectivity index (χ2v) is 9.67. The van der Waals surface area contributed by atoms with Crippen molar-refractivity contribution in [2.45, 2.75) is 19.4 Å². The van der Waals surface area contributed by atoms with Crippen LogP contribution < -0.4 is 14.4 Å². The van der Waals surface area contributed by atoms with E-state index in [4.69, 9.17) is 30.8 Å². The van der Waals surface area contributed by atoms with Gasteiger partial charge in [-0.05, 0) is 43.2 Å². The monoisotopic (exact) mass is 523 g/mol. The molecule has 34 heavy (non-hydrogen) atoms. The maximum absolute atomic E-state index is 13.6. The molecule has 1 amide bonds. The summed E-state index contributed by atoms with van der Waals surface area (Å²) < 4.78 is 18.2. The lowest BCUT2D eigenvalue weighted by Crippen LogP contribution is -2.47. The smallest absolute Gasteiger partial charge is 0.273 e. The van der Waals surface area contributed by atoms with Crippen LogP contribution in [-0.4, -0.2) is 67.9 Å². The van der Waals surface area contributed by atoms with E-state index in [0.29, 0.717) is 28.2 Å². The third-order valence-electron chi connectivity index (χ3n) is 5.88. The molecular weight excluding hydrogens is 497 g/mol. The summed E-state index contributed by atoms with van der Waals surface area (Å²) in [4.78, 5) is 22.6. The molecule has 3 heterocycles. The van der Waals surface area contributed by atoms with Crippen LogP contribution in [0.2, 0.25) is 5.02 Å². The number of morpholine rings is 1. The Morgan fingerprint density at radius 3 is 2.79 bits per heavy atom. The minimum Gasteiger partial charge on any atom is -0.485 e. The van der Waals surface area contributed by atoms with Gasteiger partial charge in [0.15, 0.2) is 16.6 Å². The molecule has 1 aromatic heterocycles. The summed E-state index contributed by atoms with van der Waals surface area (Å²) in [7, 11) is 0. The molecule has 1 atom stereocenters. The van der Waals surface area contributed by atoms with Gasteiger partial charge >= 0.3 is 0 Å². The second kappa shape index (κ2) is 11.1. The van der Waals surface area contributed by atoms with Gasteiger partial charge in [0.25, 0.3) is 5.91 Å². The molecule has 2 aliphatic heterocycles. The van der Waals surface area contributed by atoms with Crippen LogP contribution in [0.4, 0.5) is 5.13 Å². The number of halogens is 2. The maximum atomic E-state index is 13.6. The van der Waals surface area contributed by atoms with E-state index in [1.54, 1.807) is 4.90 Å². The molecule has 0 bridgehead atoms. The number of fused-ring (bicyclic) bond motifs is 2. The topological polar surface area (TPSA) is 64.1 Å². The summed E-state index contributed by atoms with van der Waals surface area (Å²) in [5, 5.41) is 1.32. The van der Waals surface area contributed by atoms with Crippen LogP contribution in [-0.2, 0) is 9.53 Å². The average molecular weight is 524 g/mol. The molecule has 1 saturated heterocycles. The van der Waals surface area contributed by atoms with Crippen molar-refractivity contribution in [3.05, 3.63) is 47.0 Å². The SMILES string of the molecule is Cc1cc(Cl)cc2sc(N(CCCN3CCOCC3)C(=O)C3COc4ccccc4O3)nc12.Cl. The van der Waals surface area contributed by atoms with Gasteiger partial charge in [0, 0.05) is 31.2 Å². The van der Waals surface area contributed by atoms with Crippen LogP contribution in [0, 0.1) is 6.92 Å². The van der Waals surface area contributed by atoms with Crippen molar-refractivity contribution in [3.8, 4) is 11.5 Å². The number of aryl methyl sites for hydroxylation is 1. The highest BCUT2D eigenvalue weighted by Gasteiger charge is 2.33. The largest absolute Gasteiger partial charge is 0.485 e. The standard InChI is InChI=1S/C24H26ClN3O4S.ClH/c1-16-13-17(25)14-21-22(16)26-24(33-21)28(8-4-7-27-9-11-30-12-10-27)23(29)20-15-31-18-5-2-3-6-19(18)32-20;/h2-3,5-6,13-14,20H,4,7-12,15H2,1H3;1H. The number of carbonyl (C=O) groups is 1. The zero-order chi connectivity index (χ0) is 22.8. The van der Waals surface area contributed by atoms with Gasteiger partial charge < -0.3 is 14.2 Å². The first-order chi connectivity index (χ1) is 16.1. The van der Waals surface area contributed by atoms with Crippen molar-refractivity contribution in [1.29, 1.82) is 0 Å². The van der Waals surface area contributed by atoms with Gasteiger partial charge in [-0.1, -0.05) is 35.1 Å². The molecule has 0 spiro atoms. The van der Waals surface area contributed by atoms with E-state index in [1.807, 2.05) is 43.3 Å². The molecule has 2 aromatic carbocycles. The molecule has 10 heteroatoms. The molecular formula is C24H27Cl2N3O4S. The molecule has 1 unspecified atom stereocenters. The molecule has 0 radical (unpaired) electrons. The number of carbonyl (C=O) groups excluding carboxylic acids is 1. The van der Waals surface area contributed by atoms with Crippen LogP contribution in [0.5, 0.6) is 11.5 Å². The van der Waals surface area contributed by atoms with Gasteiger partial charge in [0.1, 0.15) is 6.61 Å². The zero-order valence-corrected chi connectivity index (χ0v) is 21.3. The van der Waals surface area contributed by atoms with Crippen LogP contribution in [0.1, 0.15) is 12.0 Å². The van der Waals surface area contributed by atoms with E-state index < -0.39 is 6.10 Å². The van der Waals surface area contributed by atoms with E-state index in [-0.39, 0.29) is 24.9 Å². The Balaban J connectivity index is 0.00000274. The number of thiazole rings is 1. The highest BCUT2D eigenvalue weighted by atomic mass is 35.5. The Bertz CT molecular complexity index is 1150. The first-order valence-electron chi connectivity index (χ1n) is 11.1. The summed E-state index contributed by atoms with van der Waals surface area (Å²) in [5.74, 6) is 1.10. The third-order valence-corrected chi connectivity index (χ3v) is 7.12. The maximum Gasteiger partial charge on any atom is 0.273 e. The minimum atomic E-state index is -0.722. The van der Waals surface area contributed by atoms with Crippen molar-refractivity contribution < 1.29 is 19.0 Å². The summed E-state index contributed by atoms with van der Waals surface area (Å²) in [5.41, 5.74) is 1.86. The molecule has 0 aliphatic carbocycles. The van der Waals surface area contributed by atoms with Crippen LogP contribution in [0.15, 0.2) is 36.4 Å². The number of amides is 1. The summed E-state index contributed by atoms with van der Waals surface area (Å²) in [6, 6.07) is 11.2. The van der Waals surface area contributed by atoms with Gasteiger partial charge in [0.05, 0.1) is 23.4 Å². The number of anilines is 1. The van der Waals surface area contributed by atoms with Crippen molar-refractivity contribution in [2.24, 2.45) is 0 Å². The van der Waals surface area contributed by atoms with E-state index >= 15 is 0 Å². The van der Waals surface area contributed by atoms with Crippen molar-refractivity contribution in [2.75, 3.05) is 50.9 Å². The highest BCUT2D eigenvalue weighted by Crippen LogP contribution is 2.35. The van der Waals surface area contributed by atoms with Gasteiger partial charge in [0.2, 0.25) is 6.10 Å². The summed E-state index contributed by atoms with van der Waals surface area (Å²) in [6.45, 7) is 6.95. The van der Waals surface area contributed by atoms with E-state index in [0.717, 1.165) is 55.0 Å². The average Bonchev–Trinajstić information content (AvgIpc) is 3.26. The fourth-order valence-electron chi connectivity index (χ4n) is 4.15. The number of ether oxygens (including phenoxy) is 3. The van der Waals surface area contributed by atoms with E-state index in [1.165, 1.54) is 11.3 Å². The molecule has 5 rings (SSSR count). The number of nitrogens with zero attached hydrogens (tertiary/aromatic N) is 3. The number of hydrogen-bond donors (Lipinski definition) is 0. The Morgan fingerprint density at radius 1 is 1.24 bits per heavy atom. The predicted molar refractivity (Wildman–Crippen MR) is 137 cm³/mol. The van der Waals surface area contributed by atoms with Crippen molar-refractivity contribution >= 4 is 56.6 Å². The first-order valence-corrected chi connectivity index (χ1v) is 12.3. The summed E-state index contributed by atoms with van der Waals surface area (Å²) in [6.07, 6.45) is 0.103. The highest BCUT2D eigenvalue weighted by molar-refractivity contribution is 7.22. The quantitative estimate of drug-likeness (QED) is 0.471. The Kier molecular flexibility index (Phi) is 8.16. The second-order valence-electron chi connectivity index (χ2n) is 8.23. The minimum absolute atomic E-state index is 0. The molecule has 182 valence electrons. The Labute approximate surface area is 214 Å². The molecule has 7 nitrogen and oxygen atoms in total. The fourth-order valence-corrected chi connectivity index (χ4v) is 5.60. The lowest BCUT2D eigenvalue weighted by atomic mass is 10.2. The number of aromatic nitrogens is 1. The van der Waals surface area contributed by atoms with E-state index in [9.17, 15) is 4.79 Å². The molecule has 1 fully saturated rings. The van der Waals surface area contributed by atoms with Gasteiger partial charge in [-0.2, -0.15) is 0 Å². The number of para-hydroxylation sites is 2. The molecule has 3 aromatic rings. The predicted octanol–water partition coefficient (Wildman–Crippen LogP) is 4.58. The van der Waals surface area contributed by atoms with Crippen molar-refractivity contribution in [3.63, 3.8) is 0 Å². The van der Waals surface area contributed by atoms with Gasteiger partial charge in [-0.3, -0.25) is 14.6 Å². The normalized spacial score (nSPS) is 17.9. The van der Waals surface area contributed by atoms with Crippen LogP contribution in [0.25, 0.3) is 10.2 Å². The Morgan fingerprint density at radius 2 is 2.00 bits per heavy atom. The van der Waals surface area contributed by atoms with E-state index in [2.05, 4.69) is 4.90 Å². The lowest BCUT2D eigenvalue weighted by molar-refractivity contribution is -0.127. The first kappa shape index (κ1) is 25.0. The summed E-state index contributed by atoms with van der Waals surface area (Å²) >= 11 is 7.74. The van der Waals surface area contributed by atoms with Gasteiger partial charge in [-0.15, -0.1) is 12.4 Å².